The van der Waals surface area contributed by atoms with Crippen LogP contribution in [0.5, 0.6) is 0 Å². The van der Waals surface area contributed by atoms with Gasteiger partial charge in [0.2, 0.25) is 0 Å². The number of nitrogen functional groups attached to an aromatic ring is 1. The van der Waals surface area contributed by atoms with Crippen LogP contribution < -0.4 is 5.73 Å². The zero-order valence-corrected chi connectivity index (χ0v) is 15.5. The van der Waals surface area contributed by atoms with Gasteiger partial charge in [0.25, 0.3) is 0 Å². The molecule has 2 heterocycles. The maximum atomic E-state index is 6.03. The number of hydrogen-bond donors (Lipinski definition) is 1. The summed E-state index contributed by atoms with van der Waals surface area (Å²) < 4.78 is 2.14. The van der Waals surface area contributed by atoms with Crippen molar-refractivity contribution >= 4 is 11.3 Å². The maximum Gasteiger partial charge on any atom is 0.137 e. The van der Waals surface area contributed by atoms with E-state index in [0.29, 0.717) is 0 Å². The highest BCUT2D eigenvalue weighted by molar-refractivity contribution is 5.67. The normalized spacial score (nSPS) is 11.5. The van der Waals surface area contributed by atoms with Crippen molar-refractivity contribution in [3.05, 3.63) is 53.9 Å². The molecule has 0 saturated carbocycles. The van der Waals surface area contributed by atoms with Crippen LogP contribution in [-0.4, -0.2) is 27.9 Å². The molecule has 0 spiro atoms. The number of benzene rings is 1. The fourth-order valence-electron chi connectivity index (χ4n) is 3.15. The Morgan fingerprint density at radius 1 is 1.08 bits per heavy atom. The Balaban J connectivity index is 2.04. The van der Waals surface area contributed by atoms with E-state index in [1.165, 1.54) is 29.7 Å². The summed E-state index contributed by atoms with van der Waals surface area (Å²) in [5, 5.41) is 0. The summed E-state index contributed by atoms with van der Waals surface area (Å²) in [6.07, 6.45) is 5.44. The standard InChI is InChI=1S/C21H28N4/c1-4-6-13-24(3)15-19-21(17-9-7-16(5-2)8-10-17)23-20-12-11-18(22)14-25(19)20/h7-12,14H,4-6,13,15,22H2,1-3H3. The molecule has 25 heavy (non-hydrogen) atoms. The van der Waals surface area contributed by atoms with Crippen molar-refractivity contribution in [1.82, 2.24) is 14.3 Å². The van der Waals surface area contributed by atoms with Crippen LogP contribution in [0.1, 0.15) is 37.9 Å². The first-order valence-corrected chi connectivity index (χ1v) is 9.16. The second kappa shape index (κ2) is 7.70. The first-order chi connectivity index (χ1) is 12.1. The molecule has 4 heteroatoms. The van der Waals surface area contributed by atoms with E-state index in [1.807, 2.05) is 18.3 Å². The number of aryl methyl sites for hydroxylation is 1. The van der Waals surface area contributed by atoms with Gasteiger partial charge in [0.1, 0.15) is 5.65 Å². The molecule has 0 atom stereocenters. The summed E-state index contributed by atoms with van der Waals surface area (Å²) in [5.74, 6) is 0. The fourth-order valence-corrected chi connectivity index (χ4v) is 3.15. The minimum atomic E-state index is 0.759. The average molecular weight is 336 g/mol. The molecular weight excluding hydrogens is 308 g/mol. The molecule has 0 fully saturated rings. The van der Waals surface area contributed by atoms with Gasteiger partial charge in [-0.15, -0.1) is 0 Å². The number of rotatable bonds is 7. The lowest BCUT2D eigenvalue weighted by atomic mass is 10.1. The first kappa shape index (κ1) is 17.5. The molecule has 132 valence electrons. The third kappa shape index (κ3) is 3.85. The van der Waals surface area contributed by atoms with E-state index in [1.54, 1.807) is 0 Å². The maximum absolute atomic E-state index is 6.03. The molecule has 0 unspecified atom stereocenters. The van der Waals surface area contributed by atoms with Crippen LogP contribution in [0.15, 0.2) is 42.6 Å². The number of hydrogen-bond acceptors (Lipinski definition) is 3. The molecule has 0 radical (unpaired) electrons. The number of aromatic nitrogens is 2. The molecule has 0 aliphatic carbocycles. The van der Waals surface area contributed by atoms with Crippen molar-refractivity contribution in [2.24, 2.45) is 0 Å². The van der Waals surface area contributed by atoms with Crippen molar-refractivity contribution < 1.29 is 0 Å². The number of nitrogens with zero attached hydrogens (tertiary/aromatic N) is 3. The molecule has 0 amide bonds. The number of anilines is 1. The molecule has 4 nitrogen and oxygen atoms in total. The highest BCUT2D eigenvalue weighted by Gasteiger charge is 2.16. The SMILES string of the molecule is CCCCN(C)Cc1c(-c2ccc(CC)cc2)nc2ccc(N)cn12. The summed E-state index contributed by atoms with van der Waals surface area (Å²) in [7, 11) is 2.17. The Bertz CT molecular complexity index is 833. The molecule has 2 aromatic heterocycles. The van der Waals surface area contributed by atoms with Crippen molar-refractivity contribution in [3.8, 4) is 11.3 Å². The fraction of sp³-hybridized carbons (Fsp3) is 0.381. The summed E-state index contributed by atoms with van der Waals surface area (Å²) in [6.45, 7) is 6.34. The van der Waals surface area contributed by atoms with Crippen LogP contribution in [0.4, 0.5) is 5.69 Å². The van der Waals surface area contributed by atoms with Gasteiger partial charge in [-0.3, -0.25) is 0 Å². The second-order valence-electron chi connectivity index (χ2n) is 6.74. The van der Waals surface area contributed by atoms with Gasteiger partial charge in [0, 0.05) is 24.0 Å². The van der Waals surface area contributed by atoms with E-state index in [2.05, 4.69) is 54.5 Å². The first-order valence-electron chi connectivity index (χ1n) is 9.16. The zero-order chi connectivity index (χ0) is 17.8. The minimum Gasteiger partial charge on any atom is -0.398 e. The molecule has 1 aromatic carbocycles. The van der Waals surface area contributed by atoms with Crippen LogP contribution in [0.25, 0.3) is 16.9 Å². The van der Waals surface area contributed by atoms with E-state index < -0.39 is 0 Å². The summed E-state index contributed by atoms with van der Waals surface area (Å²) >= 11 is 0. The highest BCUT2D eigenvalue weighted by Crippen LogP contribution is 2.27. The molecule has 3 aromatic rings. The zero-order valence-electron chi connectivity index (χ0n) is 15.5. The molecule has 0 saturated heterocycles. The van der Waals surface area contributed by atoms with Gasteiger partial charge in [-0.05, 0) is 44.1 Å². The lowest BCUT2D eigenvalue weighted by Gasteiger charge is -2.17. The van der Waals surface area contributed by atoms with E-state index in [9.17, 15) is 0 Å². The van der Waals surface area contributed by atoms with Crippen LogP contribution >= 0.6 is 0 Å². The van der Waals surface area contributed by atoms with Crippen molar-refractivity contribution in [1.29, 1.82) is 0 Å². The monoisotopic (exact) mass is 336 g/mol. The number of fused-ring (bicyclic) bond motifs is 1. The highest BCUT2D eigenvalue weighted by atomic mass is 15.1. The Labute approximate surface area is 150 Å². The van der Waals surface area contributed by atoms with Crippen LogP contribution in [0, 0.1) is 0 Å². The van der Waals surface area contributed by atoms with Gasteiger partial charge in [0.05, 0.1) is 11.4 Å². The van der Waals surface area contributed by atoms with Gasteiger partial charge in [-0.1, -0.05) is 44.5 Å². The van der Waals surface area contributed by atoms with Crippen molar-refractivity contribution in [2.45, 2.75) is 39.7 Å². The molecular formula is C21H28N4. The van der Waals surface area contributed by atoms with Gasteiger partial charge in [0.15, 0.2) is 0 Å². The molecule has 0 aliphatic heterocycles. The number of unbranched alkanes of at least 4 members (excludes halogenated alkanes) is 1. The molecule has 0 bridgehead atoms. The Kier molecular flexibility index (Phi) is 5.39. The Morgan fingerprint density at radius 3 is 2.52 bits per heavy atom. The number of imidazole rings is 1. The number of nitrogens with two attached hydrogens (primary N) is 1. The van der Waals surface area contributed by atoms with Gasteiger partial charge in [-0.25, -0.2) is 4.98 Å². The quantitative estimate of drug-likeness (QED) is 0.696. The topological polar surface area (TPSA) is 46.6 Å². The van der Waals surface area contributed by atoms with Gasteiger partial charge >= 0.3 is 0 Å². The Hall–Kier alpha value is -2.33. The number of pyridine rings is 1. The van der Waals surface area contributed by atoms with E-state index >= 15 is 0 Å². The van der Waals surface area contributed by atoms with Crippen molar-refractivity contribution in [3.63, 3.8) is 0 Å². The minimum absolute atomic E-state index is 0.759. The lowest BCUT2D eigenvalue weighted by molar-refractivity contribution is 0.316. The Morgan fingerprint density at radius 2 is 1.84 bits per heavy atom. The predicted molar refractivity (Wildman–Crippen MR) is 106 cm³/mol. The van der Waals surface area contributed by atoms with E-state index in [4.69, 9.17) is 10.7 Å². The third-order valence-corrected chi connectivity index (χ3v) is 4.69. The van der Waals surface area contributed by atoms with Crippen molar-refractivity contribution in [2.75, 3.05) is 19.3 Å². The lowest BCUT2D eigenvalue weighted by Crippen LogP contribution is -2.20. The van der Waals surface area contributed by atoms with Crippen LogP contribution in [-0.2, 0) is 13.0 Å². The van der Waals surface area contributed by atoms with Crippen LogP contribution in [0.3, 0.4) is 0 Å². The average Bonchev–Trinajstić information content (AvgIpc) is 2.97. The van der Waals surface area contributed by atoms with Gasteiger partial charge in [-0.2, -0.15) is 0 Å². The van der Waals surface area contributed by atoms with Crippen LogP contribution in [0.2, 0.25) is 0 Å². The summed E-state index contributed by atoms with van der Waals surface area (Å²) in [5.41, 5.74) is 12.5. The second-order valence-corrected chi connectivity index (χ2v) is 6.74. The summed E-state index contributed by atoms with van der Waals surface area (Å²) in [4.78, 5) is 7.25. The largest absolute Gasteiger partial charge is 0.398 e. The predicted octanol–water partition coefficient (Wildman–Crippen LogP) is 4.38. The molecule has 3 rings (SSSR count). The molecule has 2 N–H and O–H groups in total. The van der Waals surface area contributed by atoms with E-state index in [-0.39, 0.29) is 0 Å². The smallest absolute Gasteiger partial charge is 0.137 e. The third-order valence-electron chi connectivity index (χ3n) is 4.69. The summed E-state index contributed by atoms with van der Waals surface area (Å²) in [6, 6.07) is 12.7. The van der Waals surface area contributed by atoms with Gasteiger partial charge < -0.3 is 15.0 Å². The van der Waals surface area contributed by atoms with E-state index in [0.717, 1.165) is 36.5 Å². The molecule has 0 aliphatic rings.